The summed E-state index contributed by atoms with van der Waals surface area (Å²) in [6, 6.07) is 11.7. The van der Waals surface area contributed by atoms with Crippen LogP contribution in [0.4, 0.5) is 11.5 Å². The molecule has 2 saturated heterocycles. The van der Waals surface area contributed by atoms with Gasteiger partial charge in [0.1, 0.15) is 5.82 Å². The van der Waals surface area contributed by atoms with Gasteiger partial charge in [0, 0.05) is 55.6 Å². The van der Waals surface area contributed by atoms with Crippen LogP contribution in [0.25, 0.3) is 0 Å². The number of rotatable bonds is 4. The fraction of sp³-hybridized carbons (Fsp3) is 0.333. The van der Waals surface area contributed by atoms with E-state index in [9.17, 15) is 9.59 Å². The molecule has 32 heavy (non-hydrogen) atoms. The molecule has 0 aliphatic carbocycles. The van der Waals surface area contributed by atoms with Gasteiger partial charge in [-0.3, -0.25) is 14.6 Å². The van der Waals surface area contributed by atoms with Crippen molar-refractivity contribution in [3.05, 3.63) is 70.8 Å². The number of hydrogen-bond acceptors (Lipinski definition) is 6. The first-order valence-electron chi connectivity index (χ1n) is 10.8. The molecule has 2 atom stereocenters. The summed E-state index contributed by atoms with van der Waals surface area (Å²) in [7, 11) is 0. The number of nitrogens with zero attached hydrogens (tertiary/aromatic N) is 5. The number of piperazine rings is 1. The zero-order valence-electron chi connectivity index (χ0n) is 17.9. The van der Waals surface area contributed by atoms with Gasteiger partial charge >= 0.3 is 0 Å². The van der Waals surface area contributed by atoms with Crippen LogP contribution < -0.4 is 9.80 Å². The molecule has 5 rings (SSSR count). The summed E-state index contributed by atoms with van der Waals surface area (Å²) in [4.78, 5) is 42.2. The average Bonchev–Trinajstić information content (AvgIpc) is 3.48. The maximum Gasteiger partial charge on any atom is 0.228 e. The van der Waals surface area contributed by atoms with Crippen molar-refractivity contribution >= 4 is 34.7 Å². The SMILES string of the molecule is Cc1ccc(N2C(=O)C[C@@H](C(=O)N3CCN(c4cnccn4)CC3)[C@@H]2c2cccs2)cc1. The van der Waals surface area contributed by atoms with Gasteiger partial charge in [0.05, 0.1) is 18.2 Å². The molecular formula is C24H25N5O2S. The molecule has 2 aromatic heterocycles. The Morgan fingerprint density at radius 3 is 2.50 bits per heavy atom. The minimum atomic E-state index is -0.384. The van der Waals surface area contributed by atoms with Gasteiger partial charge in [-0.15, -0.1) is 11.3 Å². The van der Waals surface area contributed by atoms with Crippen LogP contribution in [0.5, 0.6) is 0 Å². The molecule has 8 heteroatoms. The lowest BCUT2D eigenvalue weighted by atomic mass is 9.96. The normalized spacial score (nSPS) is 21.3. The molecule has 3 aromatic rings. The molecule has 0 saturated carbocycles. The fourth-order valence-corrected chi connectivity index (χ4v) is 5.48. The van der Waals surface area contributed by atoms with E-state index in [0.717, 1.165) is 21.9 Å². The largest absolute Gasteiger partial charge is 0.352 e. The summed E-state index contributed by atoms with van der Waals surface area (Å²) in [6.45, 7) is 4.66. The third kappa shape index (κ3) is 3.86. The molecule has 2 aliphatic heterocycles. The van der Waals surface area contributed by atoms with Crippen LogP contribution in [-0.2, 0) is 9.59 Å². The summed E-state index contributed by atoms with van der Waals surface area (Å²) in [6.07, 6.45) is 5.33. The number of hydrogen-bond donors (Lipinski definition) is 0. The molecule has 7 nitrogen and oxygen atoms in total. The Labute approximate surface area is 191 Å². The van der Waals surface area contributed by atoms with Crippen molar-refractivity contribution in [1.82, 2.24) is 14.9 Å². The Kier molecular flexibility index (Phi) is 5.61. The number of anilines is 2. The number of aromatic nitrogens is 2. The zero-order chi connectivity index (χ0) is 22.1. The van der Waals surface area contributed by atoms with Crippen molar-refractivity contribution in [2.24, 2.45) is 5.92 Å². The second-order valence-electron chi connectivity index (χ2n) is 8.25. The van der Waals surface area contributed by atoms with Gasteiger partial charge in [-0.05, 0) is 30.5 Å². The first kappa shape index (κ1) is 20.6. The third-order valence-electron chi connectivity index (χ3n) is 6.25. The summed E-state index contributed by atoms with van der Waals surface area (Å²) in [5.41, 5.74) is 1.99. The first-order chi connectivity index (χ1) is 15.6. The highest BCUT2D eigenvalue weighted by molar-refractivity contribution is 7.10. The van der Waals surface area contributed by atoms with Crippen LogP contribution in [0.2, 0.25) is 0 Å². The molecule has 1 aromatic carbocycles. The van der Waals surface area contributed by atoms with Gasteiger partial charge in [0.2, 0.25) is 11.8 Å². The van der Waals surface area contributed by atoms with E-state index in [1.54, 1.807) is 29.9 Å². The Morgan fingerprint density at radius 2 is 1.84 bits per heavy atom. The Hall–Kier alpha value is -3.26. The summed E-state index contributed by atoms with van der Waals surface area (Å²) < 4.78 is 0. The molecule has 2 amide bonds. The second kappa shape index (κ2) is 8.70. The third-order valence-corrected chi connectivity index (χ3v) is 7.19. The highest BCUT2D eigenvalue weighted by atomic mass is 32.1. The molecular weight excluding hydrogens is 422 g/mol. The second-order valence-corrected chi connectivity index (χ2v) is 9.23. The zero-order valence-corrected chi connectivity index (χ0v) is 18.7. The van der Waals surface area contributed by atoms with E-state index < -0.39 is 0 Å². The summed E-state index contributed by atoms with van der Waals surface area (Å²) >= 11 is 1.60. The molecule has 2 aliphatic rings. The molecule has 0 unspecified atom stereocenters. The van der Waals surface area contributed by atoms with E-state index in [2.05, 4.69) is 14.9 Å². The maximum absolute atomic E-state index is 13.6. The van der Waals surface area contributed by atoms with Crippen molar-refractivity contribution in [2.75, 3.05) is 36.0 Å². The van der Waals surface area contributed by atoms with E-state index in [-0.39, 0.29) is 30.2 Å². The summed E-state index contributed by atoms with van der Waals surface area (Å²) in [5.74, 6) is 0.511. The predicted molar refractivity (Wildman–Crippen MR) is 125 cm³/mol. The first-order valence-corrected chi connectivity index (χ1v) is 11.7. The van der Waals surface area contributed by atoms with Gasteiger partial charge in [-0.1, -0.05) is 23.8 Å². The molecule has 0 radical (unpaired) electrons. The predicted octanol–water partition coefficient (Wildman–Crippen LogP) is 3.29. The monoisotopic (exact) mass is 447 g/mol. The fourth-order valence-electron chi connectivity index (χ4n) is 4.60. The number of carbonyl (C=O) groups excluding carboxylic acids is 2. The Morgan fingerprint density at radius 1 is 1.06 bits per heavy atom. The molecule has 0 spiro atoms. The molecule has 0 N–H and O–H groups in total. The van der Waals surface area contributed by atoms with Crippen molar-refractivity contribution in [3.8, 4) is 0 Å². The quantitative estimate of drug-likeness (QED) is 0.614. The minimum Gasteiger partial charge on any atom is -0.352 e. The minimum absolute atomic E-state index is 0.00352. The summed E-state index contributed by atoms with van der Waals surface area (Å²) in [5, 5.41) is 2.01. The van der Waals surface area contributed by atoms with Crippen LogP contribution >= 0.6 is 11.3 Å². The van der Waals surface area contributed by atoms with E-state index in [4.69, 9.17) is 0 Å². The van der Waals surface area contributed by atoms with E-state index in [1.807, 2.05) is 58.5 Å². The van der Waals surface area contributed by atoms with Gasteiger partial charge in [-0.25, -0.2) is 4.98 Å². The molecule has 164 valence electrons. The lowest BCUT2D eigenvalue weighted by Crippen LogP contribution is -2.51. The molecule has 2 fully saturated rings. The Bertz CT molecular complexity index is 1080. The Balaban J connectivity index is 1.37. The smallest absolute Gasteiger partial charge is 0.228 e. The van der Waals surface area contributed by atoms with Crippen LogP contribution in [0.3, 0.4) is 0 Å². The number of thiophene rings is 1. The average molecular weight is 448 g/mol. The van der Waals surface area contributed by atoms with Crippen LogP contribution in [0, 0.1) is 12.8 Å². The van der Waals surface area contributed by atoms with Crippen molar-refractivity contribution in [1.29, 1.82) is 0 Å². The highest BCUT2D eigenvalue weighted by Crippen LogP contribution is 2.43. The van der Waals surface area contributed by atoms with E-state index >= 15 is 0 Å². The van der Waals surface area contributed by atoms with Crippen molar-refractivity contribution in [2.45, 2.75) is 19.4 Å². The lowest BCUT2D eigenvalue weighted by Gasteiger charge is -2.37. The lowest BCUT2D eigenvalue weighted by molar-refractivity contribution is -0.136. The van der Waals surface area contributed by atoms with Gasteiger partial charge in [0.15, 0.2) is 0 Å². The number of aryl methyl sites for hydroxylation is 1. The van der Waals surface area contributed by atoms with Crippen LogP contribution in [-0.4, -0.2) is 52.9 Å². The number of benzene rings is 1. The van der Waals surface area contributed by atoms with Gasteiger partial charge < -0.3 is 14.7 Å². The van der Waals surface area contributed by atoms with Crippen LogP contribution in [0.1, 0.15) is 22.9 Å². The van der Waals surface area contributed by atoms with Crippen molar-refractivity contribution < 1.29 is 9.59 Å². The topological polar surface area (TPSA) is 69.6 Å². The highest BCUT2D eigenvalue weighted by Gasteiger charge is 2.47. The maximum atomic E-state index is 13.6. The van der Waals surface area contributed by atoms with Gasteiger partial charge in [-0.2, -0.15) is 0 Å². The number of amides is 2. The van der Waals surface area contributed by atoms with E-state index in [0.29, 0.717) is 26.2 Å². The standard InChI is InChI=1S/C24H25N5O2S/c1-17-4-6-18(7-5-17)29-22(30)15-19(23(29)20-3-2-14-32-20)24(31)28-12-10-27(11-13-28)21-16-25-8-9-26-21/h2-9,14,16,19,23H,10-13,15H2,1H3/t19-,23-/m1/s1. The van der Waals surface area contributed by atoms with Gasteiger partial charge in [0.25, 0.3) is 0 Å². The van der Waals surface area contributed by atoms with Crippen molar-refractivity contribution in [3.63, 3.8) is 0 Å². The molecule has 0 bridgehead atoms. The molecule has 4 heterocycles. The van der Waals surface area contributed by atoms with E-state index in [1.165, 1.54) is 0 Å². The van der Waals surface area contributed by atoms with Crippen LogP contribution in [0.15, 0.2) is 60.4 Å². The number of carbonyl (C=O) groups is 2.